The number of aromatic nitrogens is 8. The number of tetrazole rings is 1. The highest BCUT2D eigenvalue weighted by molar-refractivity contribution is 5.92. The number of benzene rings is 1. The molecule has 0 aliphatic carbocycles. The summed E-state index contributed by atoms with van der Waals surface area (Å²) in [6, 6.07) is 9.29. The standard InChI is InChI=1S/C16H17N9O/c1-9(15-21-23-24-22-15)17-16(26)13-7-11(19-20-13)8-25-10(2)18-12-5-3-4-6-14(12)25/h3-7,9H,8H2,1-2H3,(H,17,26)(H,19,20)(H,21,22,23,24). The van der Waals surface area contributed by atoms with Crippen LogP contribution >= 0.6 is 0 Å². The minimum atomic E-state index is -0.374. The first-order valence-corrected chi connectivity index (χ1v) is 8.12. The van der Waals surface area contributed by atoms with Crippen LogP contribution in [-0.2, 0) is 6.54 Å². The van der Waals surface area contributed by atoms with Crippen molar-refractivity contribution in [3.05, 3.63) is 53.4 Å². The maximum Gasteiger partial charge on any atom is 0.272 e. The van der Waals surface area contributed by atoms with Gasteiger partial charge in [0, 0.05) is 0 Å². The molecule has 1 amide bonds. The molecular weight excluding hydrogens is 334 g/mol. The van der Waals surface area contributed by atoms with Gasteiger partial charge in [-0.25, -0.2) is 4.98 Å². The van der Waals surface area contributed by atoms with E-state index in [0.717, 1.165) is 22.6 Å². The lowest BCUT2D eigenvalue weighted by atomic mass is 10.2. The average Bonchev–Trinajstić information content (AvgIpc) is 3.36. The van der Waals surface area contributed by atoms with Crippen molar-refractivity contribution < 1.29 is 4.79 Å². The number of nitrogens with zero attached hydrogens (tertiary/aromatic N) is 6. The van der Waals surface area contributed by atoms with Gasteiger partial charge in [-0.05, 0) is 32.0 Å². The molecule has 4 aromatic rings. The number of nitrogens with one attached hydrogen (secondary N) is 3. The molecule has 1 unspecified atom stereocenters. The minimum absolute atomic E-state index is 0.303. The van der Waals surface area contributed by atoms with E-state index in [9.17, 15) is 4.79 Å². The minimum Gasteiger partial charge on any atom is -0.341 e. The molecule has 0 saturated heterocycles. The number of hydrogen-bond acceptors (Lipinski definition) is 6. The van der Waals surface area contributed by atoms with Gasteiger partial charge in [0.15, 0.2) is 5.82 Å². The SMILES string of the molecule is Cc1nc2ccccc2n1Cc1cc(C(=O)NC(C)c2nn[nH]n2)n[nH]1. The van der Waals surface area contributed by atoms with E-state index >= 15 is 0 Å². The Morgan fingerprint density at radius 2 is 2.15 bits per heavy atom. The normalized spacial score (nSPS) is 12.4. The van der Waals surface area contributed by atoms with Crippen molar-refractivity contribution in [3.63, 3.8) is 0 Å². The molecule has 132 valence electrons. The van der Waals surface area contributed by atoms with E-state index in [1.165, 1.54) is 0 Å². The number of imidazole rings is 1. The molecule has 4 rings (SSSR count). The molecule has 1 aromatic carbocycles. The summed E-state index contributed by atoms with van der Waals surface area (Å²) in [6.07, 6.45) is 0. The van der Waals surface area contributed by atoms with Crippen LogP contribution in [-0.4, -0.2) is 46.3 Å². The molecule has 10 heteroatoms. The van der Waals surface area contributed by atoms with Crippen molar-refractivity contribution in [1.82, 2.24) is 45.7 Å². The van der Waals surface area contributed by atoms with Gasteiger partial charge in [-0.15, -0.1) is 10.2 Å². The molecule has 3 N–H and O–H groups in total. The van der Waals surface area contributed by atoms with E-state index in [1.54, 1.807) is 13.0 Å². The summed E-state index contributed by atoms with van der Waals surface area (Å²) in [7, 11) is 0. The van der Waals surface area contributed by atoms with Gasteiger partial charge >= 0.3 is 0 Å². The molecule has 0 aliphatic heterocycles. The van der Waals surface area contributed by atoms with Gasteiger partial charge < -0.3 is 9.88 Å². The number of aryl methyl sites for hydroxylation is 1. The number of fused-ring (bicyclic) bond motifs is 1. The van der Waals surface area contributed by atoms with Crippen LogP contribution < -0.4 is 5.32 Å². The lowest BCUT2D eigenvalue weighted by molar-refractivity contribution is 0.0933. The number of aromatic amines is 2. The molecule has 3 aromatic heterocycles. The van der Waals surface area contributed by atoms with Gasteiger partial charge in [-0.1, -0.05) is 17.3 Å². The number of rotatable bonds is 5. The van der Waals surface area contributed by atoms with Crippen LogP contribution in [0.2, 0.25) is 0 Å². The second-order valence-electron chi connectivity index (χ2n) is 5.98. The molecule has 3 heterocycles. The average molecular weight is 351 g/mol. The van der Waals surface area contributed by atoms with Crippen LogP contribution in [0.3, 0.4) is 0 Å². The Labute approximate surface area is 148 Å². The van der Waals surface area contributed by atoms with Gasteiger partial charge in [-0.2, -0.15) is 10.3 Å². The topological polar surface area (TPSA) is 130 Å². The fourth-order valence-corrected chi connectivity index (χ4v) is 2.81. The van der Waals surface area contributed by atoms with Gasteiger partial charge in [-0.3, -0.25) is 9.89 Å². The first-order valence-electron chi connectivity index (χ1n) is 8.12. The third-order valence-electron chi connectivity index (χ3n) is 4.13. The fraction of sp³-hybridized carbons (Fsp3) is 0.250. The first kappa shape index (κ1) is 15.9. The number of amides is 1. The largest absolute Gasteiger partial charge is 0.341 e. The Hall–Kier alpha value is -3.56. The number of hydrogen-bond donors (Lipinski definition) is 3. The Morgan fingerprint density at radius 3 is 2.96 bits per heavy atom. The molecule has 1 atom stereocenters. The molecular formula is C16H17N9O. The maximum absolute atomic E-state index is 12.3. The Morgan fingerprint density at radius 1 is 1.31 bits per heavy atom. The quantitative estimate of drug-likeness (QED) is 0.494. The highest BCUT2D eigenvalue weighted by atomic mass is 16.2. The van der Waals surface area contributed by atoms with Crippen LogP contribution in [0.25, 0.3) is 11.0 Å². The van der Waals surface area contributed by atoms with Crippen LogP contribution in [0.15, 0.2) is 30.3 Å². The highest BCUT2D eigenvalue weighted by Gasteiger charge is 2.17. The van der Waals surface area contributed by atoms with E-state index in [-0.39, 0.29) is 11.9 Å². The van der Waals surface area contributed by atoms with E-state index in [2.05, 4.69) is 45.7 Å². The fourth-order valence-electron chi connectivity index (χ4n) is 2.81. The number of carbonyl (C=O) groups is 1. The van der Waals surface area contributed by atoms with Crippen molar-refractivity contribution in [3.8, 4) is 0 Å². The van der Waals surface area contributed by atoms with E-state index < -0.39 is 0 Å². The van der Waals surface area contributed by atoms with Crippen LogP contribution in [0.1, 0.15) is 40.8 Å². The predicted octanol–water partition coefficient (Wildman–Crippen LogP) is 1.12. The Kier molecular flexibility index (Phi) is 3.92. The van der Waals surface area contributed by atoms with Crippen LogP contribution in [0, 0.1) is 6.92 Å². The zero-order chi connectivity index (χ0) is 18.1. The van der Waals surface area contributed by atoms with Crippen molar-refractivity contribution in [1.29, 1.82) is 0 Å². The third-order valence-corrected chi connectivity index (χ3v) is 4.13. The van der Waals surface area contributed by atoms with E-state index in [4.69, 9.17) is 0 Å². The molecule has 0 fully saturated rings. The first-order chi connectivity index (χ1) is 12.6. The third kappa shape index (κ3) is 2.92. The summed E-state index contributed by atoms with van der Waals surface area (Å²) >= 11 is 0. The predicted molar refractivity (Wildman–Crippen MR) is 92.2 cm³/mol. The van der Waals surface area contributed by atoms with Crippen molar-refractivity contribution in [2.45, 2.75) is 26.4 Å². The molecule has 0 aliphatic rings. The van der Waals surface area contributed by atoms with Gasteiger partial charge in [0.05, 0.1) is 29.3 Å². The monoisotopic (exact) mass is 351 g/mol. The van der Waals surface area contributed by atoms with Gasteiger partial charge in [0.2, 0.25) is 0 Å². The summed E-state index contributed by atoms with van der Waals surface area (Å²) < 4.78 is 2.08. The van der Waals surface area contributed by atoms with Gasteiger partial charge in [0.1, 0.15) is 11.5 Å². The molecule has 0 spiro atoms. The second kappa shape index (κ2) is 6.39. The van der Waals surface area contributed by atoms with Crippen LogP contribution in [0.4, 0.5) is 0 Å². The summed E-state index contributed by atoms with van der Waals surface area (Å²) in [5.74, 6) is 1.00. The maximum atomic E-state index is 12.3. The molecule has 26 heavy (non-hydrogen) atoms. The summed E-state index contributed by atoms with van der Waals surface area (Å²) in [4.78, 5) is 16.9. The Bertz CT molecular complexity index is 1050. The number of H-pyrrole nitrogens is 2. The summed E-state index contributed by atoms with van der Waals surface area (Å²) in [6.45, 7) is 4.28. The highest BCUT2D eigenvalue weighted by Crippen LogP contribution is 2.17. The molecule has 0 saturated carbocycles. The van der Waals surface area contributed by atoms with E-state index in [1.807, 2.05) is 31.2 Å². The van der Waals surface area contributed by atoms with Crippen LogP contribution in [0.5, 0.6) is 0 Å². The van der Waals surface area contributed by atoms with Crippen molar-refractivity contribution in [2.24, 2.45) is 0 Å². The molecule has 0 bridgehead atoms. The summed E-state index contributed by atoms with van der Waals surface area (Å²) in [5, 5.41) is 23.4. The molecule has 10 nitrogen and oxygen atoms in total. The molecule has 0 radical (unpaired) electrons. The van der Waals surface area contributed by atoms with E-state index in [0.29, 0.717) is 18.1 Å². The second-order valence-corrected chi connectivity index (χ2v) is 5.98. The van der Waals surface area contributed by atoms with Gasteiger partial charge in [0.25, 0.3) is 5.91 Å². The van der Waals surface area contributed by atoms with Crippen molar-refractivity contribution in [2.75, 3.05) is 0 Å². The lowest BCUT2D eigenvalue weighted by Gasteiger charge is -2.07. The Balaban J connectivity index is 1.51. The zero-order valence-electron chi connectivity index (χ0n) is 14.3. The zero-order valence-corrected chi connectivity index (χ0v) is 14.3. The lowest BCUT2D eigenvalue weighted by Crippen LogP contribution is -2.27. The number of para-hydroxylation sites is 2. The smallest absolute Gasteiger partial charge is 0.272 e. The number of carbonyl (C=O) groups excluding carboxylic acids is 1. The summed E-state index contributed by atoms with van der Waals surface area (Å²) in [5.41, 5.74) is 3.10. The van der Waals surface area contributed by atoms with Crippen molar-refractivity contribution >= 4 is 16.9 Å².